The Morgan fingerprint density at radius 1 is 1.21 bits per heavy atom. The molecule has 12 heteroatoms. The Labute approximate surface area is 225 Å². The van der Waals surface area contributed by atoms with Gasteiger partial charge in [0.25, 0.3) is 0 Å². The average Bonchev–Trinajstić information content (AvgIpc) is 3.12. The molecular weight excluding hydrogens is 522 g/mol. The first-order chi connectivity index (χ1) is 17.8. The molecule has 0 aromatic heterocycles. The normalized spacial score (nSPS) is 37.7. The Morgan fingerprint density at radius 3 is 2.63 bits per heavy atom. The van der Waals surface area contributed by atoms with Gasteiger partial charge >= 0.3 is 11.4 Å². The van der Waals surface area contributed by atoms with Gasteiger partial charge in [0.05, 0.1) is 18.1 Å². The van der Waals surface area contributed by atoms with E-state index >= 15 is 0 Å². The van der Waals surface area contributed by atoms with Crippen LogP contribution in [0.1, 0.15) is 58.8 Å². The van der Waals surface area contributed by atoms with Gasteiger partial charge < -0.3 is 14.6 Å². The summed E-state index contributed by atoms with van der Waals surface area (Å²) in [7, 11) is 0. The largest absolute Gasteiger partial charge is 0.450 e. The summed E-state index contributed by atoms with van der Waals surface area (Å²) in [5.74, 6) is -1.62. The maximum Gasteiger partial charge on any atom is 0.404 e. The zero-order valence-corrected chi connectivity index (χ0v) is 22.2. The van der Waals surface area contributed by atoms with E-state index in [-0.39, 0.29) is 55.8 Å². The zero-order chi connectivity index (χ0) is 27.9. The molecule has 0 radical (unpaired) electrons. The van der Waals surface area contributed by atoms with Gasteiger partial charge in [-0.3, -0.25) is 29.6 Å². The Bertz CT molecular complexity index is 1060. The molecule has 4 aliphatic rings. The number of ether oxygens (including phenoxy) is 2. The van der Waals surface area contributed by atoms with Crippen LogP contribution in [0.4, 0.5) is 4.79 Å². The summed E-state index contributed by atoms with van der Waals surface area (Å²) in [6.45, 7) is 3.04. The second kappa shape index (κ2) is 10.8. The maximum atomic E-state index is 13.6. The number of fused-ring (bicyclic) bond motifs is 5. The van der Waals surface area contributed by atoms with E-state index in [0.29, 0.717) is 12.8 Å². The lowest BCUT2D eigenvalue weighted by atomic mass is 9.46. The lowest BCUT2D eigenvalue weighted by Crippen LogP contribution is -2.63. The molecule has 0 amide bonds. The van der Waals surface area contributed by atoms with E-state index in [1.165, 1.54) is 0 Å². The fourth-order valence-corrected chi connectivity index (χ4v) is 7.90. The van der Waals surface area contributed by atoms with Crippen LogP contribution >= 0.6 is 11.6 Å². The van der Waals surface area contributed by atoms with Crippen molar-refractivity contribution in [3.05, 3.63) is 23.8 Å². The van der Waals surface area contributed by atoms with Crippen molar-refractivity contribution in [1.82, 2.24) is 5.39 Å². The third-order valence-electron chi connectivity index (χ3n) is 9.40. The van der Waals surface area contributed by atoms with Crippen LogP contribution in [0.3, 0.4) is 0 Å². The zero-order valence-electron chi connectivity index (χ0n) is 21.4. The Morgan fingerprint density at radius 2 is 1.95 bits per heavy atom. The van der Waals surface area contributed by atoms with E-state index < -0.39 is 51.7 Å². The number of aliphatic hydroxyl groups is 1. The monoisotopic (exact) mass is 555 g/mol. The first-order valence-electron chi connectivity index (χ1n) is 12.8. The van der Waals surface area contributed by atoms with E-state index in [1.807, 2.05) is 19.9 Å². The summed E-state index contributed by atoms with van der Waals surface area (Å²) in [5, 5.41) is 28.5. The number of nitrogens with zero attached hydrogens (tertiary/aromatic N) is 1. The lowest BCUT2D eigenvalue weighted by molar-refractivity contribution is -0.492. The Kier molecular flexibility index (Phi) is 8.19. The standard InChI is InChI=1S/C26H34ClNO10/c1-24-9-7-16(29)12-15(24)5-6-17-18-8-10-26(20(31)14-36-23(27)33,25(18,2)13-19(30)22(17)24)38-21(32)4-3-11-37-28(34)35/h7,9,12,17-19,22,30,34-35H,3-6,8,10-11,13-14H2,1-2H3/t17-,18-,19-,22+,24-,25-,26-/m0/s1. The predicted molar refractivity (Wildman–Crippen MR) is 130 cm³/mol. The molecule has 3 N–H and O–H groups in total. The van der Waals surface area contributed by atoms with Crippen molar-refractivity contribution in [2.75, 3.05) is 13.2 Å². The van der Waals surface area contributed by atoms with E-state index in [0.717, 1.165) is 12.0 Å². The molecular formula is C26H34ClNO10. The van der Waals surface area contributed by atoms with Gasteiger partial charge in [-0.25, -0.2) is 4.79 Å². The number of Topliss-reactive ketones (excluding diaryl/α,β-unsaturated/α-hetero) is 1. The van der Waals surface area contributed by atoms with Crippen LogP contribution in [-0.4, -0.2) is 68.8 Å². The quantitative estimate of drug-likeness (QED) is 0.166. The molecule has 0 bridgehead atoms. The molecule has 0 spiro atoms. The molecule has 4 rings (SSSR count). The van der Waals surface area contributed by atoms with Crippen LogP contribution in [0.15, 0.2) is 23.8 Å². The highest BCUT2D eigenvalue weighted by molar-refractivity contribution is 6.61. The summed E-state index contributed by atoms with van der Waals surface area (Å²) in [6.07, 6.45) is 6.50. The predicted octanol–water partition coefficient (Wildman–Crippen LogP) is 3.28. The van der Waals surface area contributed by atoms with Crippen molar-refractivity contribution in [2.24, 2.45) is 28.6 Å². The topological polar surface area (TPSA) is 160 Å². The number of carbonyl (C=O) groups is 4. The number of carbonyl (C=O) groups excluding carboxylic acids is 4. The molecule has 0 saturated heterocycles. The SMILES string of the molecule is C[C@]12C=CC(=O)C=C1CC[C@@H]1[C@@H]2[C@@H](O)C[C@@]2(C)[C@H]1CC[C@]2(OC(=O)CCCON(O)O)C(=O)COC(=O)Cl. The molecule has 3 saturated carbocycles. The van der Waals surface area contributed by atoms with Gasteiger partial charge in [0.1, 0.15) is 0 Å². The molecule has 7 atom stereocenters. The molecule has 0 heterocycles. The molecule has 210 valence electrons. The molecule has 0 aliphatic heterocycles. The summed E-state index contributed by atoms with van der Waals surface area (Å²) in [5.41, 5.74) is -3.25. The van der Waals surface area contributed by atoms with Crippen molar-refractivity contribution >= 4 is 34.6 Å². The highest BCUT2D eigenvalue weighted by Crippen LogP contribution is 2.68. The van der Waals surface area contributed by atoms with E-state index in [4.69, 9.17) is 31.5 Å². The first kappa shape index (κ1) is 28.8. The number of ketones is 2. The second-order valence-electron chi connectivity index (χ2n) is 11.2. The molecule has 4 aliphatic carbocycles. The molecule has 0 aromatic carbocycles. The van der Waals surface area contributed by atoms with E-state index in [2.05, 4.69) is 4.84 Å². The Hall–Kier alpha value is -2.15. The van der Waals surface area contributed by atoms with E-state index in [1.54, 1.807) is 12.2 Å². The minimum Gasteiger partial charge on any atom is -0.450 e. The lowest BCUT2D eigenvalue weighted by Gasteiger charge is -2.59. The second-order valence-corrected chi connectivity index (χ2v) is 11.5. The molecule has 0 aromatic rings. The van der Waals surface area contributed by atoms with Crippen LogP contribution in [-0.2, 0) is 28.7 Å². The van der Waals surface area contributed by atoms with Crippen molar-refractivity contribution in [1.29, 1.82) is 0 Å². The Balaban J connectivity index is 1.63. The number of allylic oxidation sites excluding steroid dienone is 4. The molecule has 11 nitrogen and oxygen atoms in total. The number of hydrogen-bond acceptors (Lipinski definition) is 11. The highest BCUT2D eigenvalue weighted by Gasteiger charge is 2.70. The van der Waals surface area contributed by atoms with Crippen molar-refractivity contribution in [3.8, 4) is 0 Å². The number of hydrogen-bond donors (Lipinski definition) is 3. The van der Waals surface area contributed by atoms with Crippen molar-refractivity contribution in [2.45, 2.75) is 70.5 Å². The van der Waals surface area contributed by atoms with Crippen LogP contribution < -0.4 is 0 Å². The van der Waals surface area contributed by atoms with Crippen LogP contribution in [0, 0.1) is 28.6 Å². The minimum atomic E-state index is -1.65. The summed E-state index contributed by atoms with van der Waals surface area (Å²) >= 11 is 5.31. The third-order valence-corrected chi connectivity index (χ3v) is 9.51. The molecule has 0 unspecified atom stereocenters. The van der Waals surface area contributed by atoms with Crippen LogP contribution in [0.2, 0.25) is 0 Å². The van der Waals surface area contributed by atoms with Gasteiger partial charge in [0.15, 0.2) is 18.0 Å². The van der Waals surface area contributed by atoms with Gasteiger partial charge in [0.2, 0.25) is 5.78 Å². The molecule has 38 heavy (non-hydrogen) atoms. The molecule has 3 fully saturated rings. The fraction of sp³-hybridized carbons (Fsp3) is 0.692. The van der Waals surface area contributed by atoms with Gasteiger partial charge in [-0.2, -0.15) is 0 Å². The summed E-state index contributed by atoms with van der Waals surface area (Å²) < 4.78 is 10.7. The minimum absolute atomic E-state index is 0.00111. The van der Waals surface area contributed by atoms with Crippen molar-refractivity contribution < 1.29 is 49.0 Å². The number of aliphatic hydroxyl groups excluding tert-OH is 1. The van der Waals surface area contributed by atoms with Gasteiger partial charge in [-0.1, -0.05) is 25.5 Å². The summed E-state index contributed by atoms with van der Waals surface area (Å²) in [4.78, 5) is 54.3. The number of esters is 1. The van der Waals surface area contributed by atoms with Gasteiger partial charge in [0, 0.05) is 34.8 Å². The van der Waals surface area contributed by atoms with E-state index in [9.17, 15) is 24.3 Å². The first-order valence-corrected chi connectivity index (χ1v) is 13.2. The third kappa shape index (κ3) is 4.96. The van der Waals surface area contributed by atoms with Gasteiger partial charge in [-0.15, -0.1) is 0 Å². The number of halogens is 1. The number of rotatable bonds is 9. The van der Waals surface area contributed by atoms with Crippen LogP contribution in [0.5, 0.6) is 0 Å². The van der Waals surface area contributed by atoms with Gasteiger partial charge in [-0.05, 0) is 62.5 Å². The maximum absolute atomic E-state index is 13.6. The van der Waals surface area contributed by atoms with Crippen LogP contribution in [0.25, 0.3) is 0 Å². The average molecular weight is 556 g/mol. The summed E-state index contributed by atoms with van der Waals surface area (Å²) in [6, 6.07) is 0. The van der Waals surface area contributed by atoms with Crippen molar-refractivity contribution in [3.63, 3.8) is 0 Å². The fourth-order valence-electron chi connectivity index (χ4n) is 7.84. The smallest absolute Gasteiger partial charge is 0.404 e. The highest BCUT2D eigenvalue weighted by atomic mass is 35.5.